The molecule has 0 aliphatic carbocycles. The molecule has 0 bridgehead atoms. The smallest absolute Gasteiger partial charge is 0.337 e. The lowest BCUT2D eigenvalue weighted by atomic mass is 10.2. The molecule has 0 fully saturated rings. The molecular weight excluding hydrogens is 372 g/mol. The van der Waals surface area contributed by atoms with Crippen LogP contribution in [0.25, 0.3) is 10.2 Å². The summed E-state index contributed by atoms with van der Waals surface area (Å²) in [5.41, 5.74) is 2.21. The molecule has 8 heteroatoms. The van der Waals surface area contributed by atoms with E-state index in [0.29, 0.717) is 16.9 Å². The molecule has 0 aliphatic heterocycles. The van der Waals surface area contributed by atoms with Crippen molar-refractivity contribution in [2.24, 2.45) is 4.40 Å². The van der Waals surface area contributed by atoms with Crippen LogP contribution >= 0.6 is 11.3 Å². The van der Waals surface area contributed by atoms with Gasteiger partial charge in [0.2, 0.25) is 4.80 Å². The van der Waals surface area contributed by atoms with Crippen molar-refractivity contribution in [2.75, 3.05) is 7.11 Å². The van der Waals surface area contributed by atoms with Gasteiger partial charge in [-0.25, -0.2) is 4.79 Å². The van der Waals surface area contributed by atoms with Crippen LogP contribution in [0, 0.1) is 6.92 Å². The first-order valence-corrected chi connectivity index (χ1v) is 10.2. The Morgan fingerprint density at radius 2 is 1.88 bits per heavy atom. The van der Waals surface area contributed by atoms with E-state index in [1.165, 1.54) is 18.4 Å². The van der Waals surface area contributed by atoms with Crippen LogP contribution in [0.1, 0.15) is 22.8 Å². The Morgan fingerprint density at radius 1 is 1.19 bits per heavy atom. The molecule has 2 aromatic carbocycles. The predicted octanol–water partition coefficient (Wildman–Crippen LogP) is 3.11. The minimum Gasteiger partial charge on any atom is -0.465 e. The maximum atomic E-state index is 12.6. The number of thiazole rings is 1. The van der Waals surface area contributed by atoms with Crippen molar-refractivity contribution >= 4 is 37.5 Å². The van der Waals surface area contributed by atoms with E-state index in [1.807, 2.05) is 18.4 Å². The molecule has 136 valence electrons. The number of carbonyl (C=O) groups is 1. The number of benzene rings is 2. The fourth-order valence-electron chi connectivity index (χ4n) is 2.56. The van der Waals surface area contributed by atoms with Gasteiger partial charge in [0, 0.05) is 6.54 Å². The van der Waals surface area contributed by atoms with Crippen LogP contribution in [0.2, 0.25) is 0 Å². The highest BCUT2D eigenvalue weighted by molar-refractivity contribution is 7.90. The number of sulfonamides is 1. The van der Waals surface area contributed by atoms with Crippen molar-refractivity contribution in [3.8, 4) is 0 Å². The number of methoxy groups -OCH3 is 1. The Morgan fingerprint density at radius 3 is 2.50 bits per heavy atom. The third kappa shape index (κ3) is 3.42. The average Bonchev–Trinajstić information content (AvgIpc) is 2.96. The van der Waals surface area contributed by atoms with Gasteiger partial charge >= 0.3 is 5.97 Å². The number of aryl methyl sites for hydroxylation is 2. The maximum absolute atomic E-state index is 12.6. The number of hydrogen-bond donors (Lipinski definition) is 0. The summed E-state index contributed by atoms with van der Waals surface area (Å²) in [7, 11) is -2.50. The molecule has 1 aromatic heterocycles. The molecule has 3 aromatic rings. The number of ether oxygens (including phenoxy) is 1. The first kappa shape index (κ1) is 18.3. The SMILES string of the molecule is CCn1/c(=N/S(=O)(=O)c2ccc(C)cc2)sc2cc(C(=O)OC)ccc21. The number of esters is 1. The van der Waals surface area contributed by atoms with Crippen molar-refractivity contribution in [3.63, 3.8) is 0 Å². The second-order valence-corrected chi connectivity index (χ2v) is 8.30. The number of nitrogens with zero attached hydrogens (tertiary/aromatic N) is 2. The van der Waals surface area contributed by atoms with Crippen LogP contribution in [-0.2, 0) is 21.3 Å². The number of aromatic nitrogens is 1. The van der Waals surface area contributed by atoms with Gasteiger partial charge in [0.1, 0.15) is 0 Å². The van der Waals surface area contributed by atoms with Gasteiger partial charge in [-0.05, 0) is 44.2 Å². The quantitative estimate of drug-likeness (QED) is 0.641. The van der Waals surface area contributed by atoms with Crippen molar-refractivity contribution in [2.45, 2.75) is 25.3 Å². The van der Waals surface area contributed by atoms with Crippen LogP contribution in [-0.4, -0.2) is 26.1 Å². The zero-order valence-electron chi connectivity index (χ0n) is 14.6. The molecule has 0 N–H and O–H groups in total. The zero-order chi connectivity index (χ0) is 18.9. The summed E-state index contributed by atoms with van der Waals surface area (Å²) in [5, 5.41) is 0. The predicted molar refractivity (Wildman–Crippen MR) is 101 cm³/mol. The Bertz CT molecular complexity index is 1140. The molecular formula is C18H18N2O4S2. The van der Waals surface area contributed by atoms with Crippen molar-refractivity contribution < 1.29 is 17.9 Å². The van der Waals surface area contributed by atoms with Gasteiger partial charge in [-0.15, -0.1) is 4.40 Å². The minimum atomic E-state index is -3.82. The third-order valence-electron chi connectivity index (χ3n) is 3.94. The highest BCUT2D eigenvalue weighted by Gasteiger charge is 2.15. The first-order chi connectivity index (χ1) is 12.4. The molecule has 0 radical (unpaired) electrons. The summed E-state index contributed by atoms with van der Waals surface area (Å²) < 4.78 is 36.6. The normalized spacial score (nSPS) is 12.5. The fourth-order valence-corrected chi connectivity index (χ4v) is 4.90. The molecule has 0 unspecified atom stereocenters. The monoisotopic (exact) mass is 390 g/mol. The van der Waals surface area contributed by atoms with Crippen molar-refractivity contribution in [1.29, 1.82) is 0 Å². The van der Waals surface area contributed by atoms with E-state index >= 15 is 0 Å². The fraction of sp³-hybridized carbons (Fsp3) is 0.222. The van der Waals surface area contributed by atoms with Gasteiger partial charge in [0.05, 0.1) is 27.8 Å². The Labute approximate surface area is 155 Å². The third-order valence-corrected chi connectivity index (χ3v) is 6.38. The molecule has 0 spiro atoms. The summed E-state index contributed by atoms with van der Waals surface area (Å²) in [6, 6.07) is 11.7. The summed E-state index contributed by atoms with van der Waals surface area (Å²) in [4.78, 5) is 12.2. The molecule has 3 rings (SSSR count). The minimum absolute atomic E-state index is 0.151. The van der Waals surface area contributed by atoms with E-state index in [2.05, 4.69) is 4.40 Å². The largest absolute Gasteiger partial charge is 0.465 e. The topological polar surface area (TPSA) is 77.7 Å². The molecule has 6 nitrogen and oxygen atoms in total. The zero-order valence-corrected chi connectivity index (χ0v) is 16.2. The van der Waals surface area contributed by atoms with Crippen LogP contribution in [0.4, 0.5) is 0 Å². The molecule has 0 saturated carbocycles. The Hall–Kier alpha value is -2.45. The summed E-state index contributed by atoms with van der Waals surface area (Å²) in [5.74, 6) is -0.436. The first-order valence-electron chi connectivity index (χ1n) is 7.95. The second-order valence-electron chi connectivity index (χ2n) is 5.68. The lowest BCUT2D eigenvalue weighted by Gasteiger charge is -2.02. The molecule has 0 amide bonds. The van der Waals surface area contributed by atoms with Gasteiger partial charge in [0.25, 0.3) is 10.0 Å². The molecule has 0 saturated heterocycles. The maximum Gasteiger partial charge on any atom is 0.337 e. The van der Waals surface area contributed by atoms with E-state index in [-0.39, 0.29) is 4.90 Å². The summed E-state index contributed by atoms with van der Waals surface area (Å²) >= 11 is 1.22. The lowest BCUT2D eigenvalue weighted by Crippen LogP contribution is -2.16. The van der Waals surface area contributed by atoms with Gasteiger partial charge in [-0.3, -0.25) is 0 Å². The Kier molecular flexibility index (Phi) is 4.97. The van der Waals surface area contributed by atoms with E-state index in [0.717, 1.165) is 15.8 Å². The standard InChI is InChI=1S/C18H18N2O4S2/c1-4-20-15-10-7-13(17(21)24-3)11-16(15)25-18(20)19-26(22,23)14-8-5-12(2)6-9-14/h5-11H,4H2,1-3H3/b19-18-. The molecule has 1 heterocycles. The highest BCUT2D eigenvalue weighted by Crippen LogP contribution is 2.21. The average molecular weight is 390 g/mol. The van der Waals surface area contributed by atoms with Gasteiger partial charge in [-0.2, -0.15) is 8.42 Å². The second kappa shape index (κ2) is 7.05. The number of carbonyl (C=O) groups excluding carboxylic acids is 1. The number of hydrogen-bond acceptors (Lipinski definition) is 5. The van der Waals surface area contributed by atoms with E-state index in [9.17, 15) is 13.2 Å². The summed E-state index contributed by atoms with van der Waals surface area (Å²) in [6.07, 6.45) is 0. The summed E-state index contributed by atoms with van der Waals surface area (Å²) in [6.45, 7) is 4.36. The van der Waals surface area contributed by atoms with E-state index < -0.39 is 16.0 Å². The van der Waals surface area contributed by atoms with E-state index in [4.69, 9.17) is 4.74 Å². The molecule has 26 heavy (non-hydrogen) atoms. The van der Waals surface area contributed by atoms with Crippen LogP contribution in [0.3, 0.4) is 0 Å². The lowest BCUT2D eigenvalue weighted by molar-refractivity contribution is 0.0601. The number of rotatable bonds is 4. The van der Waals surface area contributed by atoms with Crippen LogP contribution in [0.15, 0.2) is 51.8 Å². The molecule has 0 atom stereocenters. The van der Waals surface area contributed by atoms with E-state index in [1.54, 1.807) is 42.5 Å². The Balaban J connectivity index is 2.18. The highest BCUT2D eigenvalue weighted by atomic mass is 32.2. The van der Waals surface area contributed by atoms with Crippen LogP contribution < -0.4 is 4.80 Å². The van der Waals surface area contributed by atoms with Crippen molar-refractivity contribution in [3.05, 3.63) is 58.4 Å². The van der Waals surface area contributed by atoms with Gasteiger partial charge in [-0.1, -0.05) is 29.0 Å². The molecule has 0 aliphatic rings. The van der Waals surface area contributed by atoms with Gasteiger partial charge < -0.3 is 9.30 Å². The number of fused-ring (bicyclic) bond motifs is 1. The van der Waals surface area contributed by atoms with Crippen LogP contribution in [0.5, 0.6) is 0 Å². The van der Waals surface area contributed by atoms with Crippen molar-refractivity contribution in [1.82, 2.24) is 4.57 Å². The van der Waals surface area contributed by atoms with Gasteiger partial charge in [0.15, 0.2) is 0 Å².